The van der Waals surface area contributed by atoms with Crippen molar-refractivity contribution in [1.29, 1.82) is 0 Å². The van der Waals surface area contributed by atoms with Crippen molar-refractivity contribution in [2.24, 2.45) is 0 Å². The van der Waals surface area contributed by atoms with Crippen molar-refractivity contribution in [2.45, 2.75) is 22.4 Å². The Morgan fingerprint density at radius 3 is 1.50 bits per heavy atom. The van der Waals surface area contributed by atoms with Crippen LogP contribution in [0.1, 0.15) is 13.8 Å². The van der Waals surface area contributed by atoms with Crippen LogP contribution in [0.25, 0.3) is 0 Å². The Morgan fingerprint density at radius 1 is 0.778 bits per heavy atom. The van der Waals surface area contributed by atoms with E-state index in [0.717, 1.165) is 13.2 Å². The van der Waals surface area contributed by atoms with E-state index >= 15 is 0 Å². The van der Waals surface area contributed by atoms with E-state index in [1.54, 1.807) is 6.92 Å². The summed E-state index contributed by atoms with van der Waals surface area (Å²) in [6.45, 7) is 7.98. The van der Waals surface area contributed by atoms with Crippen LogP contribution in [0.2, 0.25) is 2.92 Å². The second-order valence-corrected chi connectivity index (χ2v) is 12.2. The number of rotatable bonds is 0. The van der Waals surface area contributed by atoms with Gasteiger partial charge in [0.05, 0.1) is 0 Å². The Hall–Kier alpha value is 0.735. The normalized spacial score (nSPS) is 38.1. The number of hydrogen-bond donors (Lipinski definition) is 1. The van der Waals surface area contributed by atoms with Crippen LogP contribution in [0.4, 0.5) is 0 Å². The standard InChI is InChI=1S/C12H23O5.Hg/c1-11-7-14-3-5-16-9-12(2,13)10-17-6-4-15-8-11;/h13H,3-10H2,1-2H3;. The molecule has 0 aromatic carbocycles. The van der Waals surface area contributed by atoms with Crippen LogP contribution in [0, 0.1) is 0 Å². The predicted octanol–water partition coefficient (Wildman–Crippen LogP) is 0.543. The van der Waals surface area contributed by atoms with Gasteiger partial charge in [-0.15, -0.1) is 0 Å². The van der Waals surface area contributed by atoms with E-state index in [9.17, 15) is 5.11 Å². The molecule has 1 fully saturated rings. The molecule has 0 radical (unpaired) electrons. The second-order valence-electron chi connectivity index (χ2n) is 5.52. The van der Waals surface area contributed by atoms with Crippen LogP contribution >= 0.6 is 0 Å². The van der Waals surface area contributed by atoms with Crippen LogP contribution in [-0.4, -0.2) is 63.6 Å². The molecule has 1 saturated heterocycles. The molecule has 18 heavy (non-hydrogen) atoms. The van der Waals surface area contributed by atoms with Crippen molar-refractivity contribution in [2.75, 3.05) is 52.9 Å². The first kappa shape index (κ1) is 16.8. The maximum atomic E-state index is 9.94. The zero-order valence-corrected chi connectivity index (χ0v) is 16.9. The number of aliphatic hydroxyl groups is 1. The summed E-state index contributed by atoms with van der Waals surface area (Å²) in [7, 11) is 0. The van der Waals surface area contributed by atoms with Crippen molar-refractivity contribution in [1.82, 2.24) is 0 Å². The van der Waals surface area contributed by atoms with Gasteiger partial charge in [-0.1, -0.05) is 0 Å². The SMILES string of the molecule is CC1(O)COCCOC[C](C)([Hg])COCCOC1. The molecule has 0 unspecified atom stereocenters. The molecule has 1 aliphatic rings. The number of hydrogen-bond acceptors (Lipinski definition) is 5. The van der Waals surface area contributed by atoms with Crippen molar-refractivity contribution in [3.63, 3.8) is 0 Å². The van der Waals surface area contributed by atoms with E-state index in [1.807, 2.05) is 0 Å². The van der Waals surface area contributed by atoms with E-state index in [2.05, 4.69) is 6.92 Å². The first-order chi connectivity index (χ1) is 8.41. The summed E-state index contributed by atoms with van der Waals surface area (Å²) in [5, 5.41) is 9.94. The Morgan fingerprint density at radius 2 is 1.11 bits per heavy atom. The zero-order valence-electron chi connectivity index (χ0n) is 11.4. The van der Waals surface area contributed by atoms with Crippen molar-refractivity contribution in [3.8, 4) is 0 Å². The molecule has 1 aliphatic heterocycles. The third-order valence-electron chi connectivity index (χ3n) is 2.47. The monoisotopic (exact) mass is 449 g/mol. The van der Waals surface area contributed by atoms with Crippen molar-refractivity contribution >= 4 is 0 Å². The van der Waals surface area contributed by atoms with E-state index in [-0.39, 0.29) is 16.1 Å². The third-order valence-corrected chi connectivity index (χ3v) is 4.06. The molecule has 0 atom stereocenters. The van der Waals surface area contributed by atoms with Crippen LogP contribution in [0.5, 0.6) is 0 Å². The Labute approximate surface area is 125 Å². The van der Waals surface area contributed by atoms with Crippen LogP contribution in [0.15, 0.2) is 0 Å². The van der Waals surface area contributed by atoms with E-state index in [0.29, 0.717) is 52.5 Å². The van der Waals surface area contributed by atoms with Gasteiger partial charge in [-0.3, -0.25) is 0 Å². The first-order valence-corrected chi connectivity index (χ1v) is 9.05. The number of ether oxygens (including phenoxy) is 4. The minimum absolute atomic E-state index is 0.190. The summed E-state index contributed by atoms with van der Waals surface area (Å²) in [4.78, 5) is 0. The van der Waals surface area contributed by atoms with Gasteiger partial charge >= 0.3 is 125 Å². The average Bonchev–Trinajstić information content (AvgIpc) is 2.27. The quantitative estimate of drug-likeness (QED) is 0.549. The van der Waals surface area contributed by atoms with Crippen molar-refractivity contribution in [3.05, 3.63) is 0 Å². The molecule has 0 spiro atoms. The van der Waals surface area contributed by atoms with Gasteiger partial charge in [0.2, 0.25) is 0 Å². The summed E-state index contributed by atoms with van der Waals surface area (Å²) < 4.78 is 22.2. The molecule has 6 heteroatoms. The summed E-state index contributed by atoms with van der Waals surface area (Å²) in [6.07, 6.45) is 0. The van der Waals surface area contributed by atoms with Crippen molar-refractivity contribution < 1.29 is 50.2 Å². The van der Waals surface area contributed by atoms with E-state index in [4.69, 9.17) is 18.9 Å². The molecule has 1 rings (SSSR count). The molecule has 0 aliphatic carbocycles. The van der Waals surface area contributed by atoms with Gasteiger partial charge in [-0.05, 0) is 0 Å². The maximum absolute atomic E-state index is 9.94. The molecule has 0 amide bonds. The predicted molar refractivity (Wildman–Crippen MR) is 62.3 cm³/mol. The van der Waals surface area contributed by atoms with Crippen LogP contribution in [-0.2, 0) is 45.1 Å². The van der Waals surface area contributed by atoms with E-state index < -0.39 is 5.60 Å². The molecule has 0 bridgehead atoms. The van der Waals surface area contributed by atoms with Gasteiger partial charge in [0.1, 0.15) is 0 Å². The zero-order chi connectivity index (χ0) is 13.5. The molecule has 5 nitrogen and oxygen atoms in total. The fourth-order valence-corrected chi connectivity index (χ4v) is 2.66. The summed E-state index contributed by atoms with van der Waals surface area (Å²) in [5.41, 5.74) is -0.945. The molecule has 0 saturated carbocycles. The second kappa shape index (κ2) is 8.12. The summed E-state index contributed by atoms with van der Waals surface area (Å²) in [6, 6.07) is 0. The summed E-state index contributed by atoms with van der Waals surface area (Å²) >= 11 is 0.587. The Balaban J connectivity index is 2.36. The molecule has 0 aromatic rings. The van der Waals surface area contributed by atoms with Gasteiger partial charge in [-0.25, -0.2) is 0 Å². The Kier molecular flexibility index (Phi) is 7.57. The van der Waals surface area contributed by atoms with Gasteiger partial charge in [0.15, 0.2) is 0 Å². The van der Waals surface area contributed by atoms with Gasteiger partial charge < -0.3 is 0 Å². The van der Waals surface area contributed by atoms with Crippen LogP contribution in [0.3, 0.4) is 0 Å². The fourth-order valence-electron chi connectivity index (χ4n) is 1.54. The molecule has 103 valence electrons. The van der Waals surface area contributed by atoms with Gasteiger partial charge in [-0.2, -0.15) is 0 Å². The van der Waals surface area contributed by atoms with Crippen LogP contribution < -0.4 is 0 Å². The Bertz CT molecular complexity index is 189. The summed E-state index contributed by atoms with van der Waals surface area (Å²) in [5.74, 6) is 0. The molecular formula is C12H23HgO5. The first-order valence-electron chi connectivity index (χ1n) is 6.30. The van der Waals surface area contributed by atoms with E-state index in [1.165, 1.54) is 0 Å². The van der Waals surface area contributed by atoms with Gasteiger partial charge in [0.25, 0.3) is 0 Å². The average molecular weight is 448 g/mol. The van der Waals surface area contributed by atoms with Gasteiger partial charge in [0, 0.05) is 0 Å². The minimum atomic E-state index is -0.945. The fraction of sp³-hybridized carbons (Fsp3) is 1.00. The topological polar surface area (TPSA) is 57.2 Å². The molecule has 1 heterocycles. The third kappa shape index (κ3) is 8.02. The molecule has 0 aromatic heterocycles. The molecular weight excluding hydrogens is 425 g/mol. The molecule has 1 N–H and O–H groups in total.